The Labute approximate surface area is 196 Å². The molecular formula is C19H10Cl2F7N5O. The summed E-state index contributed by atoms with van der Waals surface area (Å²) in [7, 11) is 0. The monoisotopic (exact) mass is 527 g/mol. The van der Waals surface area contributed by atoms with Gasteiger partial charge in [0, 0.05) is 5.69 Å². The fraction of sp³-hybridized carbons (Fsp3) is 0.158. The van der Waals surface area contributed by atoms with E-state index in [0.717, 1.165) is 18.2 Å². The topological polar surface area (TPSA) is 71.8 Å². The third kappa shape index (κ3) is 6.90. The van der Waals surface area contributed by atoms with Gasteiger partial charge < -0.3 is 10.1 Å². The Hall–Kier alpha value is -3.19. The Morgan fingerprint density at radius 3 is 2.24 bits per heavy atom. The molecule has 2 aromatic carbocycles. The van der Waals surface area contributed by atoms with Crippen molar-refractivity contribution in [3.63, 3.8) is 0 Å². The van der Waals surface area contributed by atoms with Crippen LogP contribution in [0.15, 0.2) is 52.7 Å². The van der Waals surface area contributed by atoms with Crippen LogP contribution in [0.4, 0.5) is 48.1 Å². The van der Waals surface area contributed by atoms with Crippen molar-refractivity contribution >= 4 is 40.5 Å². The van der Waals surface area contributed by atoms with Crippen LogP contribution < -0.4 is 10.1 Å². The molecule has 0 saturated heterocycles. The van der Waals surface area contributed by atoms with E-state index in [1.54, 1.807) is 0 Å². The van der Waals surface area contributed by atoms with Gasteiger partial charge in [-0.3, -0.25) is 0 Å². The van der Waals surface area contributed by atoms with Gasteiger partial charge in [-0.25, -0.2) is 4.39 Å². The minimum Gasteiger partial charge on any atom is -0.406 e. The third-order valence-electron chi connectivity index (χ3n) is 3.92. The second kappa shape index (κ2) is 9.97. The standard InChI is InChI=1S/C19H10Cl2F7N5O/c20-14-15(30-10-3-6-13(22)12(7-10)18(23,24)25)31-17(21)32-16(14)33-29-8-9-1-4-11(5-2-9)34-19(26,27)28/h1-7H,8H2,(H,30,31,32). The molecule has 0 aliphatic heterocycles. The zero-order valence-electron chi connectivity index (χ0n) is 16.3. The molecule has 0 saturated carbocycles. The van der Waals surface area contributed by atoms with Crippen molar-refractivity contribution in [2.24, 2.45) is 10.2 Å². The average molecular weight is 528 g/mol. The maximum atomic E-state index is 13.5. The van der Waals surface area contributed by atoms with Gasteiger partial charge in [-0.1, -0.05) is 23.7 Å². The first-order valence-electron chi connectivity index (χ1n) is 8.91. The van der Waals surface area contributed by atoms with E-state index in [-0.39, 0.29) is 34.2 Å². The Bertz CT molecular complexity index is 1200. The van der Waals surface area contributed by atoms with Crippen LogP contribution >= 0.6 is 23.2 Å². The molecule has 0 aliphatic rings. The number of azo groups is 1. The van der Waals surface area contributed by atoms with Crippen molar-refractivity contribution in [1.82, 2.24) is 9.97 Å². The number of halogens is 9. The lowest BCUT2D eigenvalue weighted by atomic mass is 10.2. The van der Waals surface area contributed by atoms with Crippen molar-refractivity contribution in [3.05, 3.63) is 69.7 Å². The molecular weight excluding hydrogens is 518 g/mol. The van der Waals surface area contributed by atoms with Crippen molar-refractivity contribution in [3.8, 4) is 5.75 Å². The van der Waals surface area contributed by atoms with E-state index in [4.69, 9.17) is 23.2 Å². The van der Waals surface area contributed by atoms with Crippen LogP contribution in [0.3, 0.4) is 0 Å². The second-order valence-electron chi connectivity index (χ2n) is 6.39. The van der Waals surface area contributed by atoms with Crippen molar-refractivity contribution in [2.45, 2.75) is 19.1 Å². The summed E-state index contributed by atoms with van der Waals surface area (Å²) >= 11 is 12.0. The number of anilines is 2. The summed E-state index contributed by atoms with van der Waals surface area (Å²) in [5.74, 6) is -2.33. The molecule has 1 aromatic heterocycles. The molecule has 3 rings (SSSR count). The number of hydrogen-bond acceptors (Lipinski definition) is 6. The fourth-order valence-corrected chi connectivity index (χ4v) is 2.83. The van der Waals surface area contributed by atoms with Crippen molar-refractivity contribution < 1.29 is 35.5 Å². The molecule has 0 spiro atoms. The van der Waals surface area contributed by atoms with Gasteiger partial charge in [0.1, 0.15) is 16.6 Å². The third-order valence-corrected chi connectivity index (χ3v) is 4.43. The number of benzene rings is 2. The van der Waals surface area contributed by atoms with Gasteiger partial charge in [-0.05, 0) is 47.5 Å². The normalized spacial score (nSPS) is 12.3. The highest BCUT2D eigenvalue weighted by Gasteiger charge is 2.34. The molecule has 0 fully saturated rings. The Morgan fingerprint density at radius 2 is 1.62 bits per heavy atom. The van der Waals surface area contributed by atoms with E-state index in [1.807, 2.05) is 0 Å². The highest BCUT2D eigenvalue weighted by atomic mass is 35.5. The van der Waals surface area contributed by atoms with Crippen LogP contribution in [0.1, 0.15) is 11.1 Å². The molecule has 34 heavy (non-hydrogen) atoms. The zero-order valence-corrected chi connectivity index (χ0v) is 17.9. The van der Waals surface area contributed by atoms with Crippen LogP contribution in [0.5, 0.6) is 5.75 Å². The number of ether oxygens (including phenoxy) is 1. The first kappa shape index (κ1) is 25.4. The molecule has 0 atom stereocenters. The van der Waals surface area contributed by atoms with Crippen LogP contribution in [0.25, 0.3) is 0 Å². The summed E-state index contributed by atoms with van der Waals surface area (Å²) in [6.07, 6.45) is -9.75. The smallest absolute Gasteiger partial charge is 0.406 e. The van der Waals surface area contributed by atoms with E-state index in [2.05, 4.69) is 30.3 Å². The van der Waals surface area contributed by atoms with E-state index in [1.165, 1.54) is 12.1 Å². The van der Waals surface area contributed by atoms with Gasteiger partial charge in [0.25, 0.3) is 0 Å². The Kier molecular flexibility index (Phi) is 7.46. The maximum Gasteiger partial charge on any atom is 0.573 e. The summed E-state index contributed by atoms with van der Waals surface area (Å²) in [5.41, 5.74) is -1.21. The summed E-state index contributed by atoms with van der Waals surface area (Å²) in [4.78, 5) is 7.55. The van der Waals surface area contributed by atoms with E-state index in [9.17, 15) is 30.7 Å². The fourth-order valence-electron chi connectivity index (χ4n) is 2.50. The van der Waals surface area contributed by atoms with Crippen molar-refractivity contribution in [2.75, 3.05) is 5.32 Å². The minimum atomic E-state index is -4.93. The molecule has 0 radical (unpaired) electrons. The summed E-state index contributed by atoms with van der Waals surface area (Å²) in [6.45, 7) is -0.0834. The largest absolute Gasteiger partial charge is 0.573 e. The van der Waals surface area contributed by atoms with Crippen LogP contribution in [0, 0.1) is 5.82 Å². The zero-order chi connectivity index (χ0) is 25.1. The first-order valence-corrected chi connectivity index (χ1v) is 9.66. The Morgan fingerprint density at radius 1 is 0.941 bits per heavy atom. The molecule has 1 heterocycles. The van der Waals surface area contributed by atoms with Gasteiger partial charge in [0.15, 0.2) is 11.6 Å². The van der Waals surface area contributed by atoms with E-state index < -0.39 is 29.7 Å². The van der Waals surface area contributed by atoms with Crippen molar-refractivity contribution in [1.29, 1.82) is 0 Å². The number of aromatic nitrogens is 2. The van der Waals surface area contributed by atoms with Gasteiger partial charge in [0.05, 0.1) is 12.1 Å². The predicted molar refractivity (Wildman–Crippen MR) is 108 cm³/mol. The lowest BCUT2D eigenvalue weighted by Crippen LogP contribution is -2.16. The predicted octanol–water partition coefficient (Wildman–Crippen LogP) is 7.87. The van der Waals surface area contributed by atoms with Crippen LogP contribution in [-0.4, -0.2) is 16.3 Å². The minimum absolute atomic E-state index is 0.0834. The summed E-state index contributed by atoms with van der Waals surface area (Å²) in [6, 6.07) is 7.01. The molecule has 0 aliphatic carbocycles. The molecule has 1 N–H and O–H groups in total. The number of hydrogen-bond donors (Lipinski definition) is 1. The number of rotatable bonds is 6. The first-order chi connectivity index (χ1) is 15.8. The number of nitrogens with zero attached hydrogens (tertiary/aromatic N) is 4. The van der Waals surface area contributed by atoms with E-state index in [0.29, 0.717) is 17.7 Å². The maximum absolute atomic E-state index is 13.5. The quantitative estimate of drug-likeness (QED) is 0.201. The molecule has 3 aromatic rings. The van der Waals surface area contributed by atoms with Gasteiger partial charge in [-0.15, -0.1) is 18.3 Å². The number of nitrogens with one attached hydrogen (secondary N) is 1. The highest BCUT2D eigenvalue weighted by Crippen LogP contribution is 2.36. The molecule has 180 valence electrons. The SMILES string of the molecule is Fc1ccc(Nc2nc(Cl)nc(N=NCc3ccc(OC(F)(F)F)cc3)c2Cl)cc1C(F)(F)F. The summed E-state index contributed by atoms with van der Waals surface area (Å²) < 4.78 is 92.6. The molecule has 6 nitrogen and oxygen atoms in total. The lowest BCUT2D eigenvalue weighted by molar-refractivity contribution is -0.274. The van der Waals surface area contributed by atoms with Crippen LogP contribution in [0.2, 0.25) is 10.3 Å². The molecule has 0 amide bonds. The molecule has 0 bridgehead atoms. The van der Waals surface area contributed by atoms with Crippen LogP contribution in [-0.2, 0) is 12.7 Å². The van der Waals surface area contributed by atoms with Gasteiger partial charge in [0.2, 0.25) is 5.28 Å². The average Bonchev–Trinajstić information content (AvgIpc) is 2.72. The van der Waals surface area contributed by atoms with Gasteiger partial charge >= 0.3 is 12.5 Å². The molecule has 15 heteroatoms. The number of alkyl halides is 6. The van der Waals surface area contributed by atoms with Gasteiger partial charge in [-0.2, -0.15) is 28.3 Å². The lowest BCUT2D eigenvalue weighted by Gasteiger charge is -2.12. The van der Waals surface area contributed by atoms with E-state index >= 15 is 0 Å². The summed E-state index contributed by atoms with van der Waals surface area (Å²) in [5, 5.41) is 9.48. The Balaban J connectivity index is 1.76. The highest BCUT2D eigenvalue weighted by molar-refractivity contribution is 6.36. The second-order valence-corrected chi connectivity index (χ2v) is 7.10. The molecule has 0 unspecified atom stereocenters.